The highest BCUT2D eigenvalue weighted by atomic mass is 19.4. The number of carbonyl (C=O) groups excluding carboxylic acids is 1. The highest BCUT2D eigenvalue weighted by Crippen LogP contribution is 2.19. The van der Waals surface area contributed by atoms with Gasteiger partial charge in [0.25, 0.3) is 0 Å². The molecular weight excluding hydrogens is 233 g/mol. The molecule has 0 saturated heterocycles. The molecule has 0 aromatic carbocycles. The SMILES string of the molecule is CC(C)N(CC(F)(F)F)C(=O)CCCCCN. The monoisotopic (exact) mass is 254 g/mol. The van der Waals surface area contributed by atoms with Gasteiger partial charge >= 0.3 is 6.18 Å². The standard InChI is InChI=1S/C11H21F3N2O/c1-9(2)16(8-11(12,13)14)10(17)6-4-3-5-7-15/h9H,3-8,15H2,1-2H3. The Hall–Kier alpha value is -0.780. The van der Waals surface area contributed by atoms with Crippen molar-refractivity contribution in [2.75, 3.05) is 13.1 Å². The molecule has 0 radical (unpaired) electrons. The van der Waals surface area contributed by atoms with Gasteiger partial charge in [-0.15, -0.1) is 0 Å². The van der Waals surface area contributed by atoms with E-state index in [0.717, 1.165) is 17.7 Å². The van der Waals surface area contributed by atoms with Crippen molar-refractivity contribution in [1.82, 2.24) is 4.90 Å². The van der Waals surface area contributed by atoms with Crippen LogP contribution in [-0.2, 0) is 4.79 Å². The van der Waals surface area contributed by atoms with Gasteiger partial charge in [0.15, 0.2) is 0 Å². The first-order valence-corrected chi connectivity index (χ1v) is 5.84. The Balaban J connectivity index is 4.17. The number of alkyl halides is 3. The molecule has 0 unspecified atom stereocenters. The van der Waals surface area contributed by atoms with E-state index in [-0.39, 0.29) is 6.42 Å². The van der Waals surface area contributed by atoms with E-state index in [1.165, 1.54) is 0 Å². The zero-order chi connectivity index (χ0) is 13.5. The van der Waals surface area contributed by atoms with E-state index in [1.807, 2.05) is 0 Å². The van der Waals surface area contributed by atoms with E-state index in [4.69, 9.17) is 5.73 Å². The second-order valence-corrected chi connectivity index (χ2v) is 4.33. The summed E-state index contributed by atoms with van der Waals surface area (Å²) in [5, 5.41) is 0. The van der Waals surface area contributed by atoms with E-state index >= 15 is 0 Å². The number of halogens is 3. The maximum Gasteiger partial charge on any atom is 0.406 e. The van der Waals surface area contributed by atoms with Crippen molar-refractivity contribution in [3.05, 3.63) is 0 Å². The first-order chi connectivity index (χ1) is 7.78. The summed E-state index contributed by atoms with van der Waals surface area (Å²) >= 11 is 0. The van der Waals surface area contributed by atoms with Gasteiger partial charge in [-0.3, -0.25) is 4.79 Å². The summed E-state index contributed by atoms with van der Waals surface area (Å²) in [5.41, 5.74) is 5.29. The third-order valence-corrected chi connectivity index (χ3v) is 2.39. The van der Waals surface area contributed by atoms with E-state index in [9.17, 15) is 18.0 Å². The fraction of sp³-hybridized carbons (Fsp3) is 0.909. The molecule has 0 aromatic heterocycles. The lowest BCUT2D eigenvalue weighted by molar-refractivity contribution is -0.164. The minimum absolute atomic E-state index is 0.161. The van der Waals surface area contributed by atoms with E-state index in [0.29, 0.717) is 13.0 Å². The van der Waals surface area contributed by atoms with E-state index in [1.54, 1.807) is 13.8 Å². The summed E-state index contributed by atoms with van der Waals surface area (Å²) in [6.07, 6.45) is -2.00. The van der Waals surface area contributed by atoms with Crippen molar-refractivity contribution >= 4 is 5.91 Å². The van der Waals surface area contributed by atoms with Crippen LogP contribution in [0.1, 0.15) is 39.5 Å². The number of amides is 1. The zero-order valence-corrected chi connectivity index (χ0v) is 10.4. The molecule has 0 spiro atoms. The average Bonchev–Trinajstić information content (AvgIpc) is 2.19. The van der Waals surface area contributed by atoms with Crippen LogP contribution in [0.15, 0.2) is 0 Å². The second-order valence-electron chi connectivity index (χ2n) is 4.33. The predicted molar refractivity (Wildman–Crippen MR) is 60.4 cm³/mol. The summed E-state index contributed by atoms with van der Waals surface area (Å²) in [4.78, 5) is 12.5. The van der Waals surface area contributed by atoms with Crippen molar-refractivity contribution < 1.29 is 18.0 Å². The molecule has 0 aromatic rings. The Labute approximate surface area is 100 Å². The highest BCUT2D eigenvalue weighted by molar-refractivity contribution is 5.76. The van der Waals surface area contributed by atoms with Gasteiger partial charge in [-0.05, 0) is 33.2 Å². The number of carbonyl (C=O) groups is 1. The van der Waals surface area contributed by atoms with Crippen LogP contribution < -0.4 is 5.73 Å². The maximum absolute atomic E-state index is 12.3. The van der Waals surface area contributed by atoms with Gasteiger partial charge in [0.1, 0.15) is 6.54 Å². The smallest absolute Gasteiger partial charge is 0.331 e. The topological polar surface area (TPSA) is 46.3 Å². The molecule has 0 saturated carbocycles. The number of nitrogens with zero attached hydrogens (tertiary/aromatic N) is 1. The van der Waals surface area contributed by atoms with Crippen LogP contribution >= 0.6 is 0 Å². The predicted octanol–water partition coefficient (Wildman–Crippen LogP) is 2.30. The van der Waals surface area contributed by atoms with E-state index < -0.39 is 24.7 Å². The Kier molecular flexibility index (Phi) is 7.18. The lowest BCUT2D eigenvalue weighted by atomic mass is 10.1. The molecule has 17 heavy (non-hydrogen) atoms. The van der Waals surface area contributed by atoms with Gasteiger partial charge in [0.2, 0.25) is 5.91 Å². The van der Waals surface area contributed by atoms with Crippen LogP contribution in [0, 0.1) is 0 Å². The third kappa shape index (κ3) is 8.01. The number of rotatable bonds is 7. The van der Waals surface area contributed by atoms with Gasteiger partial charge in [0, 0.05) is 12.5 Å². The van der Waals surface area contributed by atoms with E-state index in [2.05, 4.69) is 0 Å². The van der Waals surface area contributed by atoms with Crippen LogP contribution in [0.3, 0.4) is 0 Å². The number of nitrogens with two attached hydrogens (primary N) is 1. The Morgan fingerprint density at radius 3 is 2.24 bits per heavy atom. The molecule has 0 aliphatic heterocycles. The third-order valence-electron chi connectivity index (χ3n) is 2.39. The summed E-state index contributed by atoms with van der Waals surface area (Å²) in [5.74, 6) is -0.436. The summed E-state index contributed by atoms with van der Waals surface area (Å²) < 4.78 is 36.8. The molecule has 0 heterocycles. The number of hydrogen-bond donors (Lipinski definition) is 1. The Morgan fingerprint density at radius 1 is 1.24 bits per heavy atom. The van der Waals surface area contributed by atoms with Crippen LogP contribution in [-0.4, -0.2) is 36.1 Å². The van der Waals surface area contributed by atoms with Crippen molar-refractivity contribution in [2.24, 2.45) is 5.73 Å². The zero-order valence-electron chi connectivity index (χ0n) is 10.4. The lowest BCUT2D eigenvalue weighted by Gasteiger charge is -2.27. The molecule has 0 fully saturated rings. The van der Waals surface area contributed by atoms with Gasteiger partial charge in [-0.1, -0.05) is 6.42 Å². The van der Waals surface area contributed by atoms with Crippen LogP contribution in [0.4, 0.5) is 13.2 Å². The van der Waals surface area contributed by atoms with Gasteiger partial charge in [-0.25, -0.2) is 0 Å². The van der Waals surface area contributed by atoms with Crippen molar-refractivity contribution in [3.8, 4) is 0 Å². The van der Waals surface area contributed by atoms with Gasteiger partial charge < -0.3 is 10.6 Å². The number of hydrogen-bond acceptors (Lipinski definition) is 2. The first-order valence-electron chi connectivity index (χ1n) is 5.84. The fourth-order valence-electron chi connectivity index (χ4n) is 1.49. The number of unbranched alkanes of at least 4 members (excludes halogenated alkanes) is 2. The van der Waals surface area contributed by atoms with Crippen LogP contribution in [0.2, 0.25) is 0 Å². The van der Waals surface area contributed by atoms with Crippen LogP contribution in [0.25, 0.3) is 0 Å². The van der Waals surface area contributed by atoms with Crippen molar-refractivity contribution in [1.29, 1.82) is 0 Å². The molecule has 0 atom stereocenters. The average molecular weight is 254 g/mol. The molecule has 3 nitrogen and oxygen atoms in total. The first kappa shape index (κ1) is 16.2. The summed E-state index contributed by atoms with van der Waals surface area (Å²) in [7, 11) is 0. The molecule has 2 N–H and O–H groups in total. The quantitative estimate of drug-likeness (QED) is 0.709. The highest BCUT2D eigenvalue weighted by Gasteiger charge is 2.33. The largest absolute Gasteiger partial charge is 0.406 e. The normalized spacial score (nSPS) is 11.9. The summed E-state index contributed by atoms with van der Waals surface area (Å²) in [6.45, 7) is 2.55. The molecule has 102 valence electrons. The fourth-order valence-corrected chi connectivity index (χ4v) is 1.49. The van der Waals surface area contributed by atoms with Crippen molar-refractivity contribution in [3.63, 3.8) is 0 Å². The minimum Gasteiger partial charge on any atom is -0.331 e. The molecule has 0 rings (SSSR count). The van der Waals surface area contributed by atoms with Crippen molar-refractivity contribution in [2.45, 2.75) is 51.7 Å². The summed E-state index contributed by atoms with van der Waals surface area (Å²) in [6, 6.07) is -0.432. The molecule has 6 heteroatoms. The lowest BCUT2D eigenvalue weighted by Crippen LogP contribution is -2.43. The maximum atomic E-state index is 12.3. The molecular formula is C11H21F3N2O. The molecule has 0 bridgehead atoms. The van der Waals surface area contributed by atoms with Gasteiger partial charge in [-0.2, -0.15) is 13.2 Å². The Bertz CT molecular complexity index is 229. The second kappa shape index (κ2) is 7.53. The van der Waals surface area contributed by atoms with Gasteiger partial charge in [0.05, 0.1) is 0 Å². The molecule has 0 aliphatic rings. The molecule has 1 amide bonds. The minimum atomic E-state index is -4.34. The Morgan fingerprint density at radius 2 is 1.82 bits per heavy atom. The molecule has 0 aliphatic carbocycles. The van der Waals surface area contributed by atoms with Crippen LogP contribution in [0.5, 0.6) is 0 Å².